The molecule has 10 heteroatoms. The van der Waals surface area contributed by atoms with E-state index in [1.165, 1.54) is 6.21 Å². The summed E-state index contributed by atoms with van der Waals surface area (Å²) >= 11 is 6.57. The zero-order chi connectivity index (χ0) is 30.8. The van der Waals surface area contributed by atoms with Crippen molar-refractivity contribution in [3.8, 4) is 34.1 Å². The molecular formula is C34H28ClN3O6. The molecule has 222 valence electrons. The van der Waals surface area contributed by atoms with Crippen molar-refractivity contribution in [2.75, 3.05) is 13.4 Å². The lowest BCUT2D eigenvalue weighted by molar-refractivity contribution is 0.0727. The molecule has 0 bridgehead atoms. The second-order valence-electron chi connectivity index (χ2n) is 10.2. The highest BCUT2D eigenvalue weighted by molar-refractivity contribution is 6.34. The van der Waals surface area contributed by atoms with Crippen LogP contribution in [0.4, 0.5) is 0 Å². The van der Waals surface area contributed by atoms with Crippen LogP contribution in [-0.4, -0.2) is 36.5 Å². The number of esters is 1. The Morgan fingerprint density at radius 2 is 1.82 bits per heavy atom. The third kappa shape index (κ3) is 5.69. The number of H-pyrrole nitrogens is 1. The largest absolute Gasteiger partial charge is 0.490 e. The van der Waals surface area contributed by atoms with Gasteiger partial charge in [0.2, 0.25) is 6.79 Å². The molecule has 0 fully saturated rings. The van der Waals surface area contributed by atoms with Crippen molar-refractivity contribution in [3.05, 3.63) is 106 Å². The summed E-state index contributed by atoms with van der Waals surface area (Å²) < 4.78 is 22.0. The first-order chi connectivity index (χ1) is 21.3. The zero-order valence-corrected chi connectivity index (χ0v) is 25.0. The number of rotatable bonds is 8. The molecule has 2 N–H and O–H groups in total. The lowest BCUT2D eigenvalue weighted by Crippen LogP contribution is -2.19. The molecule has 0 spiro atoms. The van der Waals surface area contributed by atoms with E-state index in [1.807, 2.05) is 45.0 Å². The van der Waals surface area contributed by atoms with Crippen molar-refractivity contribution in [1.29, 1.82) is 0 Å². The van der Waals surface area contributed by atoms with Gasteiger partial charge in [0, 0.05) is 27.1 Å². The summed E-state index contributed by atoms with van der Waals surface area (Å²) in [4.78, 5) is 29.6. The van der Waals surface area contributed by atoms with Crippen LogP contribution in [0.3, 0.4) is 0 Å². The molecule has 9 nitrogen and oxygen atoms in total. The molecule has 1 aliphatic rings. The fraction of sp³-hybridized carbons (Fsp3) is 0.147. The van der Waals surface area contributed by atoms with E-state index in [1.54, 1.807) is 42.5 Å². The number of aromatic nitrogens is 1. The third-order valence-corrected chi connectivity index (χ3v) is 7.41. The maximum atomic E-state index is 13.5. The van der Waals surface area contributed by atoms with Crippen LogP contribution in [0, 0.1) is 13.8 Å². The number of aryl methyl sites for hydroxylation is 2. The number of carbonyl (C=O) groups excluding carboxylic acids is 2. The Labute approximate surface area is 258 Å². The zero-order valence-electron chi connectivity index (χ0n) is 24.2. The monoisotopic (exact) mass is 609 g/mol. The second kappa shape index (κ2) is 12.1. The van der Waals surface area contributed by atoms with E-state index in [2.05, 4.69) is 21.6 Å². The Morgan fingerprint density at radius 1 is 1.00 bits per heavy atom. The number of hydrogen-bond donors (Lipinski definition) is 2. The van der Waals surface area contributed by atoms with E-state index in [-0.39, 0.29) is 12.5 Å². The van der Waals surface area contributed by atoms with Gasteiger partial charge in [-0.05, 0) is 80.4 Å². The maximum Gasteiger partial charge on any atom is 0.343 e. The Kier molecular flexibility index (Phi) is 7.95. The van der Waals surface area contributed by atoms with Crippen LogP contribution in [0.2, 0.25) is 5.02 Å². The number of aromatic amines is 1. The molecule has 0 radical (unpaired) electrons. The van der Waals surface area contributed by atoms with Gasteiger partial charge in [0.15, 0.2) is 23.0 Å². The molecule has 6 rings (SSSR count). The highest BCUT2D eigenvalue weighted by Crippen LogP contribution is 2.38. The molecule has 0 unspecified atom stereocenters. The van der Waals surface area contributed by atoms with Crippen LogP contribution in [0.15, 0.2) is 77.9 Å². The van der Waals surface area contributed by atoms with Gasteiger partial charge < -0.3 is 23.9 Å². The number of nitrogens with zero attached hydrogens (tertiary/aromatic N) is 1. The molecule has 44 heavy (non-hydrogen) atoms. The molecule has 0 saturated carbocycles. The molecular weight excluding hydrogens is 582 g/mol. The number of amides is 1. The van der Waals surface area contributed by atoms with E-state index < -0.39 is 11.9 Å². The molecule has 4 aromatic carbocycles. The second-order valence-corrected chi connectivity index (χ2v) is 10.6. The van der Waals surface area contributed by atoms with Crippen LogP contribution in [0.1, 0.15) is 44.5 Å². The minimum absolute atomic E-state index is 0.107. The predicted octanol–water partition coefficient (Wildman–Crippen LogP) is 7.22. The Hall–Kier alpha value is -5.28. The first kappa shape index (κ1) is 28.8. The Balaban J connectivity index is 1.23. The van der Waals surface area contributed by atoms with E-state index in [4.69, 9.17) is 30.5 Å². The first-order valence-electron chi connectivity index (χ1n) is 13.9. The number of halogens is 1. The highest BCUT2D eigenvalue weighted by Gasteiger charge is 2.22. The van der Waals surface area contributed by atoms with Gasteiger partial charge in [0.1, 0.15) is 5.69 Å². The average molecular weight is 610 g/mol. The number of ether oxygens (including phenoxy) is 4. The highest BCUT2D eigenvalue weighted by atomic mass is 35.5. The van der Waals surface area contributed by atoms with Crippen LogP contribution >= 0.6 is 11.6 Å². The summed E-state index contributed by atoms with van der Waals surface area (Å²) in [6.45, 7) is 6.28. The maximum absolute atomic E-state index is 13.5. The molecule has 1 aliphatic heterocycles. The van der Waals surface area contributed by atoms with E-state index in [0.29, 0.717) is 51.3 Å². The smallest absolute Gasteiger partial charge is 0.343 e. The molecule has 0 saturated heterocycles. The van der Waals surface area contributed by atoms with Crippen molar-refractivity contribution in [1.82, 2.24) is 10.4 Å². The summed E-state index contributed by atoms with van der Waals surface area (Å²) in [6.07, 6.45) is 1.48. The number of nitrogens with one attached hydrogen (secondary N) is 2. The van der Waals surface area contributed by atoms with Gasteiger partial charge in [-0.3, -0.25) is 4.79 Å². The number of fused-ring (bicyclic) bond motifs is 2. The van der Waals surface area contributed by atoms with Gasteiger partial charge in [0.05, 0.1) is 18.4 Å². The topological polar surface area (TPSA) is 111 Å². The fourth-order valence-corrected chi connectivity index (χ4v) is 5.36. The quantitative estimate of drug-likeness (QED) is 0.0832. The summed E-state index contributed by atoms with van der Waals surface area (Å²) in [6, 6.07) is 21.3. The Morgan fingerprint density at radius 3 is 2.64 bits per heavy atom. The SMILES string of the molecule is CCOc1cc(C=NNC(=O)c2[nH]c3c(C)cc(C)cc3c2-c2ccccc2Cl)ccc1OC(=O)c1ccc2c(c1)OCO2. The van der Waals surface area contributed by atoms with E-state index in [0.717, 1.165) is 27.6 Å². The molecule has 0 aliphatic carbocycles. The van der Waals surface area contributed by atoms with Gasteiger partial charge in [-0.15, -0.1) is 0 Å². The molecule has 2 heterocycles. The van der Waals surface area contributed by atoms with Crippen molar-refractivity contribution < 1.29 is 28.5 Å². The molecule has 0 atom stereocenters. The van der Waals surface area contributed by atoms with Crippen LogP contribution in [-0.2, 0) is 0 Å². The predicted molar refractivity (Wildman–Crippen MR) is 168 cm³/mol. The minimum Gasteiger partial charge on any atom is -0.490 e. The van der Waals surface area contributed by atoms with Crippen LogP contribution < -0.4 is 24.4 Å². The van der Waals surface area contributed by atoms with Crippen molar-refractivity contribution in [2.24, 2.45) is 5.10 Å². The normalized spacial score (nSPS) is 12.1. The third-order valence-electron chi connectivity index (χ3n) is 7.08. The summed E-state index contributed by atoms with van der Waals surface area (Å²) in [7, 11) is 0. The standard InChI is InChI=1S/C34H28ClN3O6/c1-4-41-28-15-21(9-11-27(28)44-34(40)22-10-12-26-29(16-22)43-18-42-26)17-36-38-33(39)32-30(23-7-5-6-8-25(23)35)24-14-19(2)13-20(3)31(24)37-32/h5-17,37H,4,18H2,1-3H3,(H,38,39). The molecule has 1 aromatic heterocycles. The first-order valence-corrected chi connectivity index (χ1v) is 14.3. The minimum atomic E-state index is -0.573. The van der Waals surface area contributed by atoms with Crippen molar-refractivity contribution in [3.63, 3.8) is 0 Å². The van der Waals surface area contributed by atoms with Gasteiger partial charge >= 0.3 is 5.97 Å². The fourth-order valence-electron chi connectivity index (χ4n) is 5.13. The number of carbonyl (C=O) groups is 2. The number of hydrogen-bond acceptors (Lipinski definition) is 7. The average Bonchev–Trinajstić information content (AvgIpc) is 3.63. The number of hydrazone groups is 1. The van der Waals surface area contributed by atoms with E-state index >= 15 is 0 Å². The van der Waals surface area contributed by atoms with Crippen LogP contribution in [0.5, 0.6) is 23.0 Å². The molecule has 1 amide bonds. The summed E-state index contributed by atoms with van der Waals surface area (Å²) in [5.41, 5.74) is 8.28. The van der Waals surface area contributed by atoms with Crippen molar-refractivity contribution >= 4 is 40.6 Å². The van der Waals surface area contributed by atoms with Gasteiger partial charge in [0.25, 0.3) is 5.91 Å². The summed E-state index contributed by atoms with van der Waals surface area (Å²) in [5, 5.41) is 5.63. The van der Waals surface area contributed by atoms with Crippen molar-refractivity contribution in [2.45, 2.75) is 20.8 Å². The Bertz CT molecular complexity index is 1950. The van der Waals surface area contributed by atoms with Crippen LogP contribution in [0.25, 0.3) is 22.0 Å². The van der Waals surface area contributed by atoms with E-state index in [9.17, 15) is 9.59 Å². The molecule has 5 aromatic rings. The van der Waals surface area contributed by atoms with Gasteiger partial charge in [-0.2, -0.15) is 5.10 Å². The number of benzene rings is 4. The lowest BCUT2D eigenvalue weighted by Gasteiger charge is -2.11. The van der Waals surface area contributed by atoms with Gasteiger partial charge in [-0.25, -0.2) is 10.2 Å². The van der Waals surface area contributed by atoms with Gasteiger partial charge in [-0.1, -0.05) is 41.4 Å². The summed E-state index contributed by atoms with van der Waals surface area (Å²) in [5.74, 6) is 0.639. The lowest BCUT2D eigenvalue weighted by atomic mass is 9.99.